The lowest BCUT2D eigenvalue weighted by Crippen LogP contribution is -2.16. The van der Waals surface area contributed by atoms with Gasteiger partial charge in [-0.2, -0.15) is 0 Å². The minimum absolute atomic E-state index is 0.497. The molecule has 2 rings (SSSR count). The molecule has 2 heteroatoms. The van der Waals surface area contributed by atoms with Crippen molar-refractivity contribution < 1.29 is 4.74 Å². The zero-order valence-electron chi connectivity index (χ0n) is 13.9. The molecular formula is C19H29NO. The fraction of sp³-hybridized carbons (Fsp3) is 0.474. The standard InChI is InChI=1S/C17H23NO.C2H6/c1-14(16-10-6-7-11-17(16)19-2)12-13-18-15-8-4-3-5-9-15;1-2/h4,6-11,14,18H,3,5,12-13H2,1-2H3;1-2H3. The van der Waals surface area contributed by atoms with E-state index in [0.717, 1.165) is 25.1 Å². The third-order valence-corrected chi connectivity index (χ3v) is 3.57. The Hall–Kier alpha value is -1.70. The van der Waals surface area contributed by atoms with Crippen LogP contribution in [-0.2, 0) is 0 Å². The van der Waals surface area contributed by atoms with Gasteiger partial charge in [0.1, 0.15) is 5.75 Å². The van der Waals surface area contributed by atoms with Crippen LogP contribution in [0.2, 0.25) is 0 Å². The highest BCUT2D eigenvalue weighted by molar-refractivity contribution is 5.35. The summed E-state index contributed by atoms with van der Waals surface area (Å²) < 4.78 is 5.42. The SMILES string of the molecule is CC.COc1ccccc1C(C)CCNC1=CCCC=C1. The highest BCUT2D eigenvalue weighted by Gasteiger charge is 2.10. The van der Waals surface area contributed by atoms with E-state index in [4.69, 9.17) is 4.74 Å². The number of nitrogens with one attached hydrogen (secondary N) is 1. The number of benzene rings is 1. The normalized spacial score (nSPS) is 14.6. The third kappa shape index (κ3) is 5.66. The second-order valence-corrected chi connectivity index (χ2v) is 5.00. The molecular weight excluding hydrogens is 258 g/mol. The zero-order valence-corrected chi connectivity index (χ0v) is 13.9. The Morgan fingerprint density at radius 3 is 2.62 bits per heavy atom. The van der Waals surface area contributed by atoms with Crippen LogP contribution in [0.15, 0.2) is 48.2 Å². The molecule has 0 saturated heterocycles. The van der Waals surface area contributed by atoms with Crippen molar-refractivity contribution in [1.29, 1.82) is 0 Å². The average molecular weight is 287 g/mol. The van der Waals surface area contributed by atoms with Crippen molar-refractivity contribution in [2.75, 3.05) is 13.7 Å². The van der Waals surface area contributed by atoms with E-state index < -0.39 is 0 Å². The molecule has 0 aromatic heterocycles. The van der Waals surface area contributed by atoms with Crippen molar-refractivity contribution in [2.24, 2.45) is 0 Å². The molecule has 1 aliphatic rings. The van der Waals surface area contributed by atoms with Crippen LogP contribution in [0.3, 0.4) is 0 Å². The molecule has 0 aliphatic heterocycles. The second kappa shape index (κ2) is 10.1. The monoisotopic (exact) mass is 287 g/mol. The zero-order chi connectivity index (χ0) is 15.5. The van der Waals surface area contributed by atoms with Gasteiger partial charge in [0, 0.05) is 12.2 Å². The lowest BCUT2D eigenvalue weighted by molar-refractivity contribution is 0.405. The van der Waals surface area contributed by atoms with Gasteiger partial charge in [-0.25, -0.2) is 0 Å². The summed E-state index contributed by atoms with van der Waals surface area (Å²) >= 11 is 0. The first kappa shape index (κ1) is 17.4. The minimum Gasteiger partial charge on any atom is -0.496 e. The third-order valence-electron chi connectivity index (χ3n) is 3.57. The van der Waals surface area contributed by atoms with Crippen molar-refractivity contribution in [3.8, 4) is 5.75 Å². The number of para-hydroxylation sites is 1. The quantitative estimate of drug-likeness (QED) is 0.791. The van der Waals surface area contributed by atoms with E-state index >= 15 is 0 Å². The Morgan fingerprint density at radius 1 is 1.19 bits per heavy atom. The summed E-state index contributed by atoms with van der Waals surface area (Å²) in [5.41, 5.74) is 2.55. The van der Waals surface area contributed by atoms with Gasteiger partial charge in [-0.05, 0) is 42.9 Å². The van der Waals surface area contributed by atoms with E-state index in [0.29, 0.717) is 5.92 Å². The van der Waals surface area contributed by atoms with Gasteiger partial charge in [0.2, 0.25) is 0 Å². The maximum Gasteiger partial charge on any atom is 0.122 e. The number of hydrogen-bond acceptors (Lipinski definition) is 2. The van der Waals surface area contributed by atoms with Gasteiger partial charge in [0.15, 0.2) is 0 Å². The van der Waals surface area contributed by atoms with Crippen LogP contribution in [0.5, 0.6) is 5.75 Å². The van der Waals surface area contributed by atoms with Crippen molar-refractivity contribution in [3.63, 3.8) is 0 Å². The van der Waals surface area contributed by atoms with Crippen molar-refractivity contribution >= 4 is 0 Å². The molecule has 0 heterocycles. The second-order valence-electron chi connectivity index (χ2n) is 5.00. The van der Waals surface area contributed by atoms with Gasteiger partial charge in [0.25, 0.3) is 0 Å². The van der Waals surface area contributed by atoms with Crippen molar-refractivity contribution in [2.45, 2.75) is 46.0 Å². The highest BCUT2D eigenvalue weighted by atomic mass is 16.5. The van der Waals surface area contributed by atoms with Crippen LogP contribution in [0, 0.1) is 0 Å². The molecule has 1 aromatic rings. The van der Waals surface area contributed by atoms with E-state index in [2.05, 4.69) is 42.6 Å². The summed E-state index contributed by atoms with van der Waals surface area (Å²) in [6.45, 7) is 7.25. The van der Waals surface area contributed by atoms with Crippen LogP contribution in [0.1, 0.15) is 51.5 Å². The van der Waals surface area contributed by atoms with Crippen LogP contribution in [0.25, 0.3) is 0 Å². The first-order valence-electron chi connectivity index (χ1n) is 8.04. The van der Waals surface area contributed by atoms with E-state index in [9.17, 15) is 0 Å². The molecule has 21 heavy (non-hydrogen) atoms. The van der Waals surface area contributed by atoms with Crippen molar-refractivity contribution in [3.05, 3.63) is 53.8 Å². The average Bonchev–Trinajstić information content (AvgIpc) is 2.57. The Kier molecular flexibility index (Phi) is 8.34. The largest absolute Gasteiger partial charge is 0.496 e. The Bertz CT molecular complexity index is 462. The summed E-state index contributed by atoms with van der Waals surface area (Å²) in [4.78, 5) is 0. The summed E-state index contributed by atoms with van der Waals surface area (Å²) in [6.07, 6.45) is 10.1. The summed E-state index contributed by atoms with van der Waals surface area (Å²) in [5.74, 6) is 1.49. The van der Waals surface area contributed by atoms with Crippen molar-refractivity contribution in [1.82, 2.24) is 5.32 Å². The molecule has 1 N–H and O–H groups in total. The van der Waals surface area contributed by atoms with E-state index in [-0.39, 0.29) is 0 Å². The Morgan fingerprint density at radius 2 is 1.95 bits per heavy atom. The van der Waals surface area contributed by atoms with Crippen LogP contribution < -0.4 is 10.1 Å². The molecule has 0 radical (unpaired) electrons. The van der Waals surface area contributed by atoms with Crippen LogP contribution >= 0.6 is 0 Å². The molecule has 0 spiro atoms. The molecule has 1 aliphatic carbocycles. The highest BCUT2D eigenvalue weighted by Crippen LogP contribution is 2.28. The summed E-state index contributed by atoms with van der Waals surface area (Å²) in [6, 6.07) is 8.29. The fourth-order valence-electron chi connectivity index (χ4n) is 2.41. The molecule has 0 saturated carbocycles. The van der Waals surface area contributed by atoms with E-state index in [1.807, 2.05) is 26.0 Å². The number of allylic oxidation sites excluding steroid dienone is 3. The van der Waals surface area contributed by atoms with Gasteiger partial charge < -0.3 is 10.1 Å². The first-order chi connectivity index (χ1) is 10.3. The van der Waals surface area contributed by atoms with Crippen LogP contribution in [0.4, 0.5) is 0 Å². The number of rotatable bonds is 6. The van der Waals surface area contributed by atoms with E-state index in [1.54, 1.807) is 7.11 Å². The molecule has 0 amide bonds. The molecule has 0 fully saturated rings. The molecule has 1 unspecified atom stereocenters. The van der Waals surface area contributed by atoms with Gasteiger partial charge in [-0.3, -0.25) is 0 Å². The predicted molar refractivity (Wildman–Crippen MR) is 91.8 cm³/mol. The minimum atomic E-state index is 0.497. The first-order valence-corrected chi connectivity index (χ1v) is 8.04. The maximum atomic E-state index is 5.42. The summed E-state index contributed by atoms with van der Waals surface area (Å²) in [7, 11) is 1.74. The molecule has 116 valence electrons. The fourth-order valence-corrected chi connectivity index (χ4v) is 2.41. The molecule has 0 bridgehead atoms. The molecule has 1 aromatic carbocycles. The lowest BCUT2D eigenvalue weighted by atomic mass is 9.97. The Labute approximate surface area is 129 Å². The smallest absolute Gasteiger partial charge is 0.122 e. The molecule has 1 atom stereocenters. The van der Waals surface area contributed by atoms with Crippen LogP contribution in [-0.4, -0.2) is 13.7 Å². The number of methoxy groups -OCH3 is 1. The predicted octanol–water partition coefficient (Wildman–Crippen LogP) is 5.04. The van der Waals surface area contributed by atoms with Gasteiger partial charge in [-0.15, -0.1) is 0 Å². The number of hydrogen-bond donors (Lipinski definition) is 1. The topological polar surface area (TPSA) is 21.3 Å². The summed E-state index contributed by atoms with van der Waals surface area (Å²) in [5, 5.41) is 3.49. The van der Waals surface area contributed by atoms with Gasteiger partial charge >= 0.3 is 0 Å². The maximum absolute atomic E-state index is 5.42. The van der Waals surface area contributed by atoms with Gasteiger partial charge in [0.05, 0.1) is 7.11 Å². The molecule has 2 nitrogen and oxygen atoms in total. The number of ether oxygens (including phenoxy) is 1. The van der Waals surface area contributed by atoms with Gasteiger partial charge in [-0.1, -0.05) is 51.1 Å². The van der Waals surface area contributed by atoms with E-state index in [1.165, 1.54) is 17.7 Å². The Balaban J connectivity index is 0.00000106. The lowest BCUT2D eigenvalue weighted by Gasteiger charge is -2.17.